The van der Waals surface area contributed by atoms with Crippen LogP contribution in [0.5, 0.6) is 0 Å². The molecule has 0 aliphatic heterocycles. The molecule has 0 unspecified atom stereocenters. The van der Waals surface area contributed by atoms with Crippen molar-refractivity contribution in [2.75, 3.05) is 20.3 Å². The topological polar surface area (TPSA) is 104 Å². The van der Waals surface area contributed by atoms with Gasteiger partial charge in [-0.25, -0.2) is 9.78 Å². The minimum absolute atomic E-state index is 0.0120. The van der Waals surface area contributed by atoms with E-state index in [1.54, 1.807) is 49.1 Å². The van der Waals surface area contributed by atoms with Gasteiger partial charge in [0.15, 0.2) is 5.49 Å². The van der Waals surface area contributed by atoms with Crippen molar-refractivity contribution in [2.45, 2.75) is 19.9 Å². The van der Waals surface area contributed by atoms with Crippen molar-refractivity contribution in [2.24, 2.45) is 4.99 Å². The number of esters is 1. The number of carbonyl (C=O) groups is 2. The molecular weight excluding hydrogens is 460 g/mol. The summed E-state index contributed by atoms with van der Waals surface area (Å²) in [6.45, 7) is 2.53. The number of ether oxygens (including phenoxy) is 2. The third-order valence-electron chi connectivity index (χ3n) is 5.45. The van der Waals surface area contributed by atoms with Gasteiger partial charge in [0.25, 0.3) is 11.5 Å². The van der Waals surface area contributed by atoms with E-state index in [1.165, 1.54) is 16.5 Å². The molecule has 0 spiro atoms. The van der Waals surface area contributed by atoms with Crippen LogP contribution in [-0.4, -0.2) is 46.2 Å². The van der Waals surface area contributed by atoms with Crippen molar-refractivity contribution in [3.05, 3.63) is 93.8 Å². The van der Waals surface area contributed by atoms with Crippen molar-refractivity contribution >= 4 is 34.6 Å². The van der Waals surface area contributed by atoms with E-state index in [0.717, 1.165) is 5.56 Å². The van der Waals surface area contributed by atoms with E-state index in [1.807, 2.05) is 30.3 Å². The van der Waals surface area contributed by atoms with Crippen LogP contribution in [0.25, 0.3) is 22.8 Å². The van der Waals surface area contributed by atoms with Crippen LogP contribution in [0.3, 0.4) is 0 Å². The second-order valence-corrected chi connectivity index (χ2v) is 7.88. The second kappa shape index (κ2) is 11.4. The Bertz CT molecular complexity index is 1570. The summed E-state index contributed by atoms with van der Waals surface area (Å²) >= 11 is 0. The molecule has 0 radical (unpaired) electrons. The van der Waals surface area contributed by atoms with Gasteiger partial charge in [-0.1, -0.05) is 36.4 Å². The largest absolute Gasteiger partial charge is 0.462 e. The first-order valence-corrected chi connectivity index (χ1v) is 11.6. The zero-order valence-electron chi connectivity index (χ0n) is 20.1. The highest BCUT2D eigenvalue weighted by molar-refractivity contribution is 5.95. The van der Waals surface area contributed by atoms with Crippen LogP contribution in [0.1, 0.15) is 29.3 Å². The summed E-state index contributed by atoms with van der Waals surface area (Å²) in [5.74, 6) is -1.25. The lowest BCUT2D eigenvalue weighted by molar-refractivity contribution is -0.113. The van der Waals surface area contributed by atoms with Gasteiger partial charge in [0.1, 0.15) is 16.9 Å². The van der Waals surface area contributed by atoms with Crippen LogP contribution in [-0.2, 0) is 20.8 Å². The van der Waals surface area contributed by atoms with E-state index < -0.39 is 11.9 Å². The molecule has 0 fully saturated rings. The van der Waals surface area contributed by atoms with Crippen molar-refractivity contribution in [3.8, 4) is 0 Å². The number of aromatic nitrogens is 3. The molecule has 9 nitrogen and oxygen atoms in total. The molecule has 36 heavy (non-hydrogen) atoms. The Kier molecular flexibility index (Phi) is 7.82. The number of amides is 1. The summed E-state index contributed by atoms with van der Waals surface area (Å²) in [7, 11) is 1.58. The first-order valence-electron chi connectivity index (χ1n) is 11.6. The lowest BCUT2D eigenvalue weighted by Crippen LogP contribution is -2.33. The maximum Gasteiger partial charge on any atom is 0.341 e. The molecule has 0 aliphatic rings. The van der Waals surface area contributed by atoms with Gasteiger partial charge in [0, 0.05) is 32.5 Å². The van der Waals surface area contributed by atoms with Crippen LogP contribution in [0.4, 0.5) is 0 Å². The monoisotopic (exact) mass is 486 g/mol. The van der Waals surface area contributed by atoms with Crippen molar-refractivity contribution < 1.29 is 19.1 Å². The number of aryl methyl sites for hydroxylation is 1. The molecule has 0 N–H and O–H groups in total. The zero-order valence-corrected chi connectivity index (χ0v) is 20.1. The van der Waals surface area contributed by atoms with E-state index in [2.05, 4.69) is 9.98 Å². The van der Waals surface area contributed by atoms with Gasteiger partial charge in [-0.05, 0) is 43.2 Å². The number of rotatable bonds is 8. The molecule has 0 atom stereocenters. The molecule has 3 aromatic heterocycles. The third kappa shape index (κ3) is 5.31. The smallest absolute Gasteiger partial charge is 0.341 e. The van der Waals surface area contributed by atoms with Crippen LogP contribution in [0, 0.1) is 0 Å². The fourth-order valence-electron chi connectivity index (χ4n) is 3.81. The standard InChI is InChI=1S/C27H26N4O5/c1-3-36-27(34)21-18-20-24(28-22-12-7-8-15-30(22)26(20)33)31(16-9-17-35-2)25(21)29-23(32)14-13-19-10-5-4-6-11-19/h4-8,10-15,18H,3,9,16-17H2,1-2H3/b14-13+,29-25?. The van der Waals surface area contributed by atoms with Crippen LogP contribution >= 0.6 is 0 Å². The Balaban J connectivity index is 1.99. The maximum atomic E-state index is 13.3. The summed E-state index contributed by atoms with van der Waals surface area (Å²) in [5, 5.41) is 0.213. The van der Waals surface area contributed by atoms with Crippen LogP contribution in [0.15, 0.2) is 76.7 Å². The summed E-state index contributed by atoms with van der Waals surface area (Å²) in [6, 6.07) is 15.9. The van der Waals surface area contributed by atoms with E-state index in [9.17, 15) is 14.4 Å². The average Bonchev–Trinajstić information content (AvgIpc) is 2.89. The van der Waals surface area contributed by atoms with Gasteiger partial charge < -0.3 is 14.0 Å². The summed E-state index contributed by atoms with van der Waals surface area (Å²) in [4.78, 5) is 48.1. The lowest BCUT2D eigenvalue weighted by atomic mass is 10.2. The number of methoxy groups -OCH3 is 1. The molecule has 0 saturated carbocycles. The normalized spacial score (nSPS) is 12.0. The Hall–Kier alpha value is -4.37. The van der Waals surface area contributed by atoms with E-state index in [0.29, 0.717) is 30.9 Å². The van der Waals surface area contributed by atoms with Crippen molar-refractivity contribution in [1.82, 2.24) is 14.0 Å². The SMILES string of the molecule is CCOC(=O)c1cc2c(=O)n3ccccc3nc2n(CCCOC)c1=NC(=O)/C=C/c1ccccc1. The molecule has 0 saturated heterocycles. The van der Waals surface area contributed by atoms with E-state index in [4.69, 9.17) is 9.47 Å². The summed E-state index contributed by atoms with van der Waals surface area (Å²) in [5.41, 5.74) is 1.32. The van der Waals surface area contributed by atoms with Crippen molar-refractivity contribution in [1.29, 1.82) is 0 Å². The van der Waals surface area contributed by atoms with Gasteiger partial charge in [-0.15, -0.1) is 0 Å². The number of nitrogens with zero attached hydrogens (tertiary/aromatic N) is 4. The predicted molar refractivity (Wildman–Crippen MR) is 135 cm³/mol. The Labute approximate surface area is 207 Å². The maximum absolute atomic E-state index is 13.3. The molecule has 184 valence electrons. The fraction of sp³-hybridized carbons (Fsp3) is 0.222. The molecular formula is C27H26N4O5. The van der Waals surface area contributed by atoms with Gasteiger partial charge in [-0.2, -0.15) is 4.99 Å². The van der Waals surface area contributed by atoms with Gasteiger partial charge in [0.2, 0.25) is 0 Å². The van der Waals surface area contributed by atoms with Gasteiger partial charge in [0.05, 0.1) is 12.0 Å². The summed E-state index contributed by atoms with van der Waals surface area (Å²) < 4.78 is 13.5. The Morgan fingerprint density at radius 2 is 1.89 bits per heavy atom. The second-order valence-electron chi connectivity index (χ2n) is 7.88. The Morgan fingerprint density at radius 3 is 2.64 bits per heavy atom. The number of hydrogen-bond acceptors (Lipinski definition) is 6. The van der Waals surface area contributed by atoms with Crippen LogP contribution in [0.2, 0.25) is 0 Å². The Morgan fingerprint density at radius 1 is 1.11 bits per heavy atom. The fourth-order valence-corrected chi connectivity index (χ4v) is 3.81. The highest BCUT2D eigenvalue weighted by Crippen LogP contribution is 2.12. The number of pyridine rings is 2. The zero-order chi connectivity index (χ0) is 25.5. The predicted octanol–water partition coefficient (Wildman–Crippen LogP) is 3.00. The molecule has 0 aliphatic carbocycles. The van der Waals surface area contributed by atoms with Crippen LogP contribution < -0.4 is 11.0 Å². The molecule has 1 amide bonds. The average molecular weight is 487 g/mol. The molecule has 0 bridgehead atoms. The molecule has 9 heteroatoms. The van der Waals surface area contributed by atoms with Crippen molar-refractivity contribution in [3.63, 3.8) is 0 Å². The molecule has 4 rings (SSSR count). The lowest BCUT2D eigenvalue weighted by Gasteiger charge is -2.15. The molecule has 4 aromatic rings. The first-order chi connectivity index (χ1) is 17.5. The molecule has 3 heterocycles. The molecule has 1 aromatic carbocycles. The first kappa shape index (κ1) is 24.7. The minimum Gasteiger partial charge on any atom is -0.462 e. The number of hydrogen-bond donors (Lipinski definition) is 0. The van der Waals surface area contributed by atoms with Gasteiger partial charge in [-0.3, -0.25) is 14.0 Å². The number of carbonyl (C=O) groups excluding carboxylic acids is 2. The van der Waals surface area contributed by atoms with E-state index in [-0.39, 0.29) is 28.6 Å². The highest BCUT2D eigenvalue weighted by atomic mass is 16.5. The van der Waals surface area contributed by atoms with Gasteiger partial charge >= 0.3 is 5.97 Å². The van der Waals surface area contributed by atoms with E-state index >= 15 is 0 Å². The third-order valence-corrected chi connectivity index (χ3v) is 5.45. The summed E-state index contributed by atoms with van der Waals surface area (Å²) in [6.07, 6.45) is 5.12. The highest BCUT2D eigenvalue weighted by Gasteiger charge is 2.19. The number of fused-ring (bicyclic) bond motifs is 2. The minimum atomic E-state index is -0.684. The quantitative estimate of drug-likeness (QED) is 0.164. The number of benzene rings is 1.